The highest BCUT2D eigenvalue weighted by Gasteiger charge is 2.39. The maximum Gasteiger partial charge on any atom is 0.277 e. The molecule has 12 rings (SSSR count). The lowest BCUT2D eigenvalue weighted by Gasteiger charge is -2.12. The second-order valence-electron chi connectivity index (χ2n) is 18.1. The number of ether oxygens (including phenoxy) is 3. The zero-order valence-corrected chi connectivity index (χ0v) is 40.7. The summed E-state index contributed by atoms with van der Waals surface area (Å²) in [7, 11) is 10.8. The zero-order chi connectivity index (χ0) is 49.9. The number of methoxy groups -OCH3 is 3. The van der Waals surface area contributed by atoms with Crippen LogP contribution in [0.5, 0.6) is 17.6 Å². The van der Waals surface area contributed by atoms with Gasteiger partial charge in [0.15, 0.2) is 22.8 Å². The first-order valence-electron chi connectivity index (χ1n) is 23.6. The molecule has 11 aromatic rings. The summed E-state index contributed by atoms with van der Waals surface area (Å²) in [6.07, 6.45) is 7.85. The van der Waals surface area contributed by atoms with Crippen LogP contribution in [0.15, 0.2) is 108 Å². The molecule has 9 heterocycles. The molecule has 364 valence electrons. The van der Waals surface area contributed by atoms with Crippen LogP contribution in [-0.4, -0.2) is 96.4 Å². The molecule has 0 radical (unpaired) electrons. The number of nitrogens with one attached hydrogen (secondary N) is 2. The summed E-state index contributed by atoms with van der Waals surface area (Å²) in [4.78, 5) is 46.2. The number of aromatic nitrogens is 14. The van der Waals surface area contributed by atoms with E-state index in [0.29, 0.717) is 57.6 Å². The lowest BCUT2D eigenvalue weighted by molar-refractivity contribution is 0.102. The molecule has 20 heteroatoms. The summed E-state index contributed by atoms with van der Waals surface area (Å²) in [6, 6.07) is 28.4. The fourth-order valence-corrected chi connectivity index (χ4v) is 9.62. The Bertz CT molecular complexity index is 3880. The average molecular weight is 974 g/mol. The van der Waals surface area contributed by atoms with E-state index in [2.05, 4.69) is 93.4 Å². The molecule has 2 N–H and O–H groups in total. The molecule has 1 aliphatic carbocycles. The van der Waals surface area contributed by atoms with E-state index in [1.54, 1.807) is 38.3 Å². The number of rotatable bonds is 15. The Morgan fingerprint density at radius 1 is 0.740 bits per heavy atom. The van der Waals surface area contributed by atoms with Gasteiger partial charge in [0, 0.05) is 69.0 Å². The number of imidazole rings is 2. The van der Waals surface area contributed by atoms with Gasteiger partial charge in [-0.15, -0.1) is 0 Å². The predicted molar refractivity (Wildman–Crippen MR) is 271 cm³/mol. The minimum atomic E-state index is -0.454. The van der Waals surface area contributed by atoms with Gasteiger partial charge in [0.2, 0.25) is 17.6 Å². The molecule has 73 heavy (non-hydrogen) atoms. The van der Waals surface area contributed by atoms with E-state index in [9.17, 15) is 4.79 Å². The van der Waals surface area contributed by atoms with E-state index in [4.69, 9.17) is 43.7 Å². The van der Waals surface area contributed by atoms with Gasteiger partial charge in [0.05, 0.1) is 61.2 Å². The molecule has 1 fully saturated rings. The van der Waals surface area contributed by atoms with Crippen molar-refractivity contribution < 1.29 is 23.5 Å². The number of aryl methyl sites for hydroxylation is 5. The summed E-state index contributed by atoms with van der Waals surface area (Å²) in [5, 5.41) is 18.1. The lowest BCUT2D eigenvalue weighted by Crippen LogP contribution is -2.14. The van der Waals surface area contributed by atoms with Gasteiger partial charge in [0.25, 0.3) is 5.91 Å². The van der Waals surface area contributed by atoms with Crippen LogP contribution in [0.4, 0.5) is 5.82 Å². The number of hydrogen-bond donors (Lipinski definition) is 2. The van der Waals surface area contributed by atoms with E-state index in [-0.39, 0.29) is 11.5 Å². The van der Waals surface area contributed by atoms with E-state index in [0.717, 1.165) is 87.6 Å². The minimum absolute atomic E-state index is 0.133. The van der Waals surface area contributed by atoms with Crippen molar-refractivity contribution in [3.63, 3.8) is 0 Å². The first kappa shape index (κ1) is 44.8. The number of nitrogens with zero attached hydrogens (tertiary/aromatic N) is 13. The summed E-state index contributed by atoms with van der Waals surface area (Å²) < 4.78 is 28.2. The van der Waals surface area contributed by atoms with Crippen molar-refractivity contribution in [1.29, 1.82) is 0 Å². The van der Waals surface area contributed by atoms with Gasteiger partial charge >= 0.3 is 0 Å². The van der Waals surface area contributed by atoms with Crippen LogP contribution in [0.1, 0.15) is 45.6 Å². The molecule has 0 bridgehead atoms. The fraction of sp³-hybridized carbons (Fsp3) is 0.226. The van der Waals surface area contributed by atoms with Crippen molar-refractivity contribution in [3.8, 4) is 62.5 Å². The molecular formula is C53H47N15O5. The number of H-pyrrole nitrogens is 1. The van der Waals surface area contributed by atoms with E-state index < -0.39 is 5.91 Å². The van der Waals surface area contributed by atoms with Gasteiger partial charge in [-0.3, -0.25) is 14.6 Å². The lowest BCUT2D eigenvalue weighted by atomic mass is 10.0. The molecule has 1 saturated carbocycles. The predicted octanol–water partition coefficient (Wildman–Crippen LogP) is 8.11. The molecule has 0 spiro atoms. The molecule has 0 saturated heterocycles. The minimum Gasteiger partial charge on any atom is -0.481 e. The molecular weight excluding hydrogens is 927 g/mol. The largest absolute Gasteiger partial charge is 0.481 e. The maximum atomic E-state index is 12.8. The first-order chi connectivity index (χ1) is 35.6. The number of fused-ring (bicyclic) bond motifs is 3. The Morgan fingerprint density at radius 3 is 2.18 bits per heavy atom. The maximum absolute atomic E-state index is 12.8. The van der Waals surface area contributed by atoms with Gasteiger partial charge in [-0.05, 0) is 65.6 Å². The SMILES string of the molecule is COc1cc(-c2cc3c(nc2OC)nc(CC2CC2c2ccc(-c4[nH]nc5ncc(C(=O)Nc6ccon6)nc45)cc2)n3C)cc(-c2ccc(CCc3nc4nc(OC)c(-c5ccnn5C)cc4n3C)cc2)n1. The number of amides is 1. The second kappa shape index (κ2) is 18.1. The van der Waals surface area contributed by atoms with Crippen molar-refractivity contribution in [3.05, 3.63) is 132 Å². The Hall–Kier alpha value is -9.33. The van der Waals surface area contributed by atoms with Gasteiger partial charge in [-0.2, -0.15) is 20.2 Å². The molecule has 2 unspecified atom stereocenters. The number of benzene rings is 2. The molecule has 20 nitrogen and oxygen atoms in total. The molecule has 9 aromatic heterocycles. The normalized spacial score (nSPS) is 14.3. The Balaban J connectivity index is 0.738. The van der Waals surface area contributed by atoms with Crippen LogP contribution in [0.25, 0.3) is 78.4 Å². The summed E-state index contributed by atoms with van der Waals surface area (Å²) in [5.41, 5.74) is 13.2. The van der Waals surface area contributed by atoms with Gasteiger partial charge in [0.1, 0.15) is 29.1 Å². The molecule has 1 aliphatic rings. The molecule has 2 atom stereocenters. The zero-order valence-electron chi connectivity index (χ0n) is 40.7. The number of carbonyl (C=O) groups excluding carboxylic acids is 1. The second-order valence-corrected chi connectivity index (χ2v) is 18.1. The first-order valence-corrected chi connectivity index (χ1v) is 23.6. The van der Waals surface area contributed by atoms with E-state index in [1.807, 2.05) is 51.5 Å². The topological polar surface area (TPSA) is 229 Å². The van der Waals surface area contributed by atoms with Gasteiger partial charge in [-0.25, -0.2) is 24.9 Å². The van der Waals surface area contributed by atoms with Crippen LogP contribution in [0, 0.1) is 5.92 Å². The monoisotopic (exact) mass is 973 g/mol. The molecule has 1 amide bonds. The average Bonchev–Trinajstić information content (AvgIpc) is 3.96. The van der Waals surface area contributed by atoms with Gasteiger partial charge < -0.3 is 33.2 Å². The van der Waals surface area contributed by atoms with Crippen LogP contribution < -0.4 is 19.5 Å². The van der Waals surface area contributed by atoms with Crippen molar-refractivity contribution >= 4 is 45.2 Å². The van der Waals surface area contributed by atoms with Gasteiger partial charge in [-0.1, -0.05) is 53.7 Å². The quantitative estimate of drug-likeness (QED) is 0.0988. The van der Waals surface area contributed by atoms with Crippen LogP contribution in [0.3, 0.4) is 0 Å². The van der Waals surface area contributed by atoms with Crippen molar-refractivity contribution in [2.75, 3.05) is 26.6 Å². The number of aromatic amines is 1. The number of anilines is 1. The summed E-state index contributed by atoms with van der Waals surface area (Å²) >= 11 is 0. The fourth-order valence-electron chi connectivity index (χ4n) is 9.62. The third-order valence-electron chi connectivity index (χ3n) is 13.7. The van der Waals surface area contributed by atoms with E-state index in [1.165, 1.54) is 23.6 Å². The summed E-state index contributed by atoms with van der Waals surface area (Å²) in [5.74, 6) is 3.95. The molecule has 2 aromatic carbocycles. The standard InChI is InChI=1S/C53H47N15O5/c1-66-41-26-36(39-17-19-55-68(39)3)53(72-6)62-48(41)59-43(66)16-9-28-7-10-30(11-8-28)37-22-33(24-45(56-37)70-4)35-25-40-49(61-52(35)71-5)60-44(67(40)2)23-32-21-34(32)29-12-14-31(15-13-29)46-47-50(64-63-46)54-27-38(57-47)51(69)58-42-18-20-73-65-42/h7-8,10-15,17-20,22,24-27,32,34H,9,16,21,23H2,1-6H3,(H,54,63,64)(H,58,65,69). The van der Waals surface area contributed by atoms with Crippen LogP contribution in [-0.2, 0) is 40.4 Å². The third-order valence-corrected chi connectivity index (χ3v) is 13.7. The third kappa shape index (κ3) is 8.30. The summed E-state index contributed by atoms with van der Waals surface area (Å²) in [6.45, 7) is 0. The Labute approximate surface area is 416 Å². The number of hydrogen-bond acceptors (Lipinski definition) is 15. The van der Waals surface area contributed by atoms with Crippen molar-refractivity contribution in [2.45, 2.75) is 31.6 Å². The van der Waals surface area contributed by atoms with Crippen LogP contribution in [0.2, 0.25) is 0 Å². The smallest absolute Gasteiger partial charge is 0.277 e. The number of carbonyl (C=O) groups is 1. The highest BCUT2D eigenvalue weighted by Crippen LogP contribution is 2.50. The van der Waals surface area contributed by atoms with Crippen molar-refractivity contribution in [1.82, 2.24) is 69.2 Å². The highest BCUT2D eigenvalue weighted by atomic mass is 16.5. The Morgan fingerprint density at radius 2 is 1.47 bits per heavy atom. The molecule has 0 aliphatic heterocycles. The van der Waals surface area contributed by atoms with E-state index >= 15 is 0 Å². The van der Waals surface area contributed by atoms with Crippen LogP contribution >= 0.6 is 0 Å². The highest BCUT2D eigenvalue weighted by molar-refractivity contribution is 6.03. The Kier molecular flexibility index (Phi) is 11.1. The number of pyridine rings is 3. The van der Waals surface area contributed by atoms with Crippen molar-refractivity contribution in [2.24, 2.45) is 27.1 Å².